The summed E-state index contributed by atoms with van der Waals surface area (Å²) in [6.07, 6.45) is 8.31. The molecule has 0 spiro atoms. The number of H-pyrrole nitrogens is 2. The molecule has 5 heterocycles. The van der Waals surface area contributed by atoms with Gasteiger partial charge in [0, 0.05) is 32.0 Å². The van der Waals surface area contributed by atoms with Crippen molar-refractivity contribution in [2.45, 2.75) is 51.0 Å². The molecular weight excluding hydrogens is 332 g/mol. The molecule has 5 rings (SSSR count). The number of aromatic amines is 2. The second-order valence-corrected chi connectivity index (χ2v) is 7.24. The number of rotatable bonds is 2. The van der Waals surface area contributed by atoms with E-state index >= 15 is 0 Å². The molecule has 0 aromatic carbocycles. The van der Waals surface area contributed by atoms with Gasteiger partial charge in [-0.1, -0.05) is 6.42 Å². The highest BCUT2D eigenvalue weighted by Crippen LogP contribution is 2.29. The van der Waals surface area contributed by atoms with Gasteiger partial charge in [0.1, 0.15) is 17.0 Å². The van der Waals surface area contributed by atoms with Gasteiger partial charge in [-0.2, -0.15) is 10.1 Å². The Labute approximate surface area is 149 Å². The third kappa shape index (κ3) is 2.58. The van der Waals surface area contributed by atoms with Gasteiger partial charge in [0.05, 0.1) is 6.20 Å². The van der Waals surface area contributed by atoms with Gasteiger partial charge < -0.3 is 9.47 Å². The first-order valence-electron chi connectivity index (χ1n) is 9.40. The summed E-state index contributed by atoms with van der Waals surface area (Å²) in [4.78, 5) is 21.8. The van der Waals surface area contributed by atoms with Crippen LogP contribution in [0.3, 0.4) is 0 Å². The lowest BCUT2D eigenvalue weighted by atomic mass is 9.97. The van der Waals surface area contributed by atoms with Crippen LogP contribution in [0.2, 0.25) is 0 Å². The van der Waals surface area contributed by atoms with E-state index in [0.717, 1.165) is 50.5 Å². The molecule has 26 heavy (non-hydrogen) atoms. The Morgan fingerprint density at radius 3 is 3.04 bits per heavy atom. The average Bonchev–Trinajstić information content (AvgIpc) is 3.23. The SMILES string of the molecule is O=c1[nH]c(N2CCCC(c3nnc4n3CCCCC4)C2)nc2[nH]ncc12. The number of hydrogen-bond acceptors (Lipinski definition) is 6. The summed E-state index contributed by atoms with van der Waals surface area (Å²) in [6, 6.07) is 0. The maximum atomic E-state index is 12.2. The van der Waals surface area contributed by atoms with Gasteiger partial charge in [-0.25, -0.2) is 0 Å². The highest BCUT2D eigenvalue weighted by molar-refractivity contribution is 5.73. The largest absolute Gasteiger partial charge is 0.342 e. The molecule has 9 nitrogen and oxygen atoms in total. The summed E-state index contributed by atoms with van der Waals surface area (Å²) in [5.41, 5.74) is 0.374. The molecule has 1 unspecified atom stereocenters. The van der Waals surface area contributed by atoms with E-state index in [1.54, 1.807) is 0 Å². The van der Waals surface area contributed by atoms with Crippen molar-refractivity contribution < 1.29 is 0 Å². The molecule has 0 bridgehead atoms. The van der Waals surface area contributed by atoms with Crippen molar-refractivity contribution in [2.24, 2.45) is 0 Å². The normalized spacial score (nSPS) is 20.9. The third-order valence-electron chi connectivity index (χ3n) is 5.53. The van der Waals surface area contributed by atoms with Crippen LogP contribution in [0.25, 0.3) is 11.0 Å². The Morgan fingerprint density at radius 1 is 1.12 bits per heavy atom. The number of hydrogen-bond donors (Lipinski definition) is 2. The second-order valence-electron chi connectivity index (χ2n) is 7.24. The molecule has 0 saturated carbocycles. The van der Waals surface area contributed by atoms with Crippen molar-refractivity contribution in [1.29, 1.82) is 0 Å². The first-order chi connectivity index (χ1) is 12.8. The molecule has 3 aromatic rings. The van der Waals surface area contributed by atoms with Crippen LogP contribution in [0.15, 0.2) is 11.0 Å². The van der Waals surface area contributed by atoms with Crippen molar-refractivity contribution in [2.75, 3.05) is 18.0 Å². The summed E-state index contributed by atoms with van der Waals surface area (Å²) in [6.45, 7) is 2.68. The van der Waals surface area contributed by atoms with E-state index in [1.165, 1.54) is 25.5 Å². The zero-order valence-corrected chi connectivity index (χ0v) is 14.6. The number of fused-ring (bicyclic) bond motifs is 2. The fourth-order valence-corrected chi connectivity index (χ4v) is 4.17. The molecule has 0 radical (unpaired) electrons. The molecule has 136 valence electrons. The number of aryl methyl sites for hydroxylation is 1. The summed E-state index contributed by atoms with van der Waals surface area (Å²) < 4.78 is 2.33. The first kappa shape index (κ1) is 15.5. The Bertz CT molecular complexity index is 986. The molecule has 2 aliphatic heterocycles. The van der Waals surface area contributed by atoms with E-state index < -0.39 is 0 Å². The van der Waals surface area contributed by atoms with Gasteiger partial charge in [0.25, 0.3) is 5.56 Å². The van der Waals surface area contributed by atoms with Crippen LogP contribution in [0.4, 0.5) is 5.95 Å². The maximum absolute atomic E-state index is 12.2. The minimum Gasteiger partial charge on any atom is -0.342 e. The molecule has 2 aliphatic rings. The van der Waals surface area contributed by atoms with Crippen molar-refractivity contribution in [3.8, 4) is 0 Å². The second kappa shape index (κ2) is 6.22. The minimum atomic E-state index is -0.155. The van der Waals surface area contributed by atoms with Crippen molar-refractivity contribution >= 4 is 17.0 Å². The molecule has 9 heteroatoms. The Balaban J connectivity index is 1.44. The Morgan fingerprint density at radius 2 is 2.08 bits per heavy atom. The lowest BCUT2D eigenvalue weighted by Gasteiger charge is -2.32. The summed E-state index contributed by atoms with van der Waals surface area (Å²) in [5, 5.41) is 16.2. The number of aromatic nitrogens is 7. The van der Waals surface area contributed by atoms with E-state index in [0.29, 0.717) is 22.9 Å². The van der Waals surface area contributed by atoms with Crippen LogP contribution in [-0.2, 0) is 13.0 Å². The molecule has 1 atom stereocenters. The zero-order valence-electron chi connectivity index (χ0n) is 14.6. The van der Waals surface area contributed by atoms with Gasteiger partial charge in [-0.15, -0.1) is 10.2 Å². The standard InChI is InChI=1S/C17H22N8O/c26-16-12-9-18-22-14(12)19-17(20-16)24-7-4-5-11(10-24)15-23-21-13-6-2-1-3-8-25(13)15/h9,11H,1-8,10H2,(H2,18,19,20,22,26). The van der Waals surface area contributed by atoms with Gasteiger partial charge in [-0.3, -0.25) is 14.9 Å². The predicted octanol–water partition coefficient (Wildman–Crippen LogP) is 1.35. The molecule has 2 N–H and O–H groups in total. The molecule has 1 saturated heterocycles. The highest BCUT2D eigenvalue weighted by atomic mass is 16.1. The smallest absolute Gasteiger partial charge is 0.263 e. The van der Waals surface area contributed by atoms with Crippen LogP contribution in [0.1, 0.15) is 49.7 Å². The highest BCUT2D eigenvalue weighted by Gasteiger charge is 2.28. The van der Waals surface area contributed by atoms with E-state index in [-0.39, 0.29) is 5.56 Å². The fraction of sp³-hybridized carbons (Fsp3) is 0.588. The zero-order chi connectivity index (χ0) is 17.5. The van der Waals surface area contributed by atoms with E-state index in [2.05, 4.69) is 39.8 Å². The number of anilines is 1. The maximum Gasteiger partial charge on any atom is 0.263 e. The van der Waals surface area contributed by atoms with Crippen molar-refractivity contribution in [3.63, 3.8) is 0 Å². The van der Waals surface area contributed by atoms with E-state index in [9.17, 15) is 4.79 Å². The van der Waals surface area contributed by atoms with Crippen LogP contribution >= 0.6 is 0 Å². The lowest BCUT2D eigenvalue weighted by Crippen LogP contribution is -2.37. The Hall–Kier alpha value is -2.71. The molecule has 3 aromatic heterocycles. The van der Waals surface area contributed by atoms with Gasteiger partial charge in [-0.05, 0) is 25.7 Å². The first-order valence-corrected chi connectivity index (χ1v) is 9.40. The van der Waals surface area contributed by atoms with Crippen molar-refractivity contribution in [1.82, 2.24) is 34.9 Å². The number of piperidine rings is 1. The van der Waals surface area contributed by atoms with E-state index in [4.69, 9.17) is 0 Å². The average molecular weight is 354 g/mol. The van der Waals surface area contributed by atoms with Gasteiger partial charge in [0.2, 0.25) is 5.95 Å². The molecule has 0 aliphatic carbocycles. The van der Waals surface area contributed by atoms with Crippen LogP contribution < -0.4 is 10.5 Å². The summed E-state index contributed by atoms with van der Waals surface area (Å²) in [7, 11) is 0. The summed E-state index contributed by atoms with van der Waals surface area (Å²) in [5.74, 6) is 3.13. The monoisotopic (exact) mass is 354 g/mol. The van der Waals surface area contributed by atoms with Gasteiger partial charge >= 0.3 is 0 Å². The van der Waals surface area contributed by atoms with Gasteiger partial charge in [0.15, 0.2) is 5.65 Å². The van der Waals surface area contributed by atoms with Crippen LogP contribution in [-0.4, -0.2) is 48.0 Å². The lowest BCUT2D eigenvalue weighted by molar-refractivity contribution is 0.461. The topological polar surface area (TPSA) is 108 Å². The molecule has 1 fully saturated rings. The quantitative estimate of drug-likeness (QED) is 0.719. The number of nitrogens with one attached hydrogen (secondary N) is 2. The molecule has 0 amide bonds. The summed E-state index contributed by atoms with van der Waals surface area (Å²) >= 11 is 0. The van der Waals surface area contributed by atoms with Crippen LogP contribution in [0.5, 0.6) is 0 Å². The predicted molar refractivity (Wildman–Crippen MR) is 96.3 cm³/mol. The van der Waals surface area contributed by atoms with Crippen molar-refractivity contribution in [3.05, 3.63) is 28.2 Å². The third-order valence-corrected chi connectivity index (χ3v) is 5.53. The molecular formula is C17H22N8O. The minimum absolute atomic E-state index is 0.155. The van der Waals surface area contributed by atoms with Crippen LogP contribution in [0, 0.1) is 0 Å². The fourth-order valence-electron chi connectivity index (χ4n) is 4.17. The Kier molecular flexibility index (Phi) is 3.72. The number of nitrogens with zero attached hydrogens (tertiary/aromatic N) is 6. The van der Waals surface area contributed by atoms with E-state index in [1.807, 2.05) is 0 Å².